The molecule has 1 aromatic rings. The average molecular weight is 181 g/mol. The van der Waals surface area contributed by atoms with Crippen LogP contribution in [-0.2, 0) is 0 Å². The summed E-state index contributed by atoms with van der Waals surface area (Å²) in [5.74, 6) is -1.20. The lowest BCUT2D eigenvalue weighted by molar-refractivity contribution is 0.367. The lowest BCUT2D eigenvalue weighted by Crippen LogP contribution is -1.91. The highest BCUT2D eigenvalue weighted by Crippen LogP contribution is 2.37. The van der Waals surface area contributed by atoms with E-state index in [9.17, 15) is 5.11 Å². The highest BCUT2D eigenvalue weighted by atomic mass is 16.3. The van der Waals surface area contributed by atoms with Crippen LogP contribution in [0.4, 0.5) is 0 Å². The molecular weight excluding hydrogens is 170 g/mol. The number of nitrogens with two attached hydrogens (primary N) is 1. The van der Waals surface area contributed by atoms with Gasteiger partial charge in [-0.05, 0) is 12.1 Å². The van der Waals surface area contributed by atoms with E-state index in [1.54, 1.807) is 12.2 Å². The fraction of sp³-hybridized carbons (Fsp3) is 0.111. The summed E-state index contributed by atoms with van der Waals surface area (Å²) in [6, 6.07) is 2.78. The molecular formula is C9H11NO3. The molecule has 0 amide bonds. The molecule has 0 radical (unpaired) electrons. The van der Waals surface area contributed by atoms with Crippen molar-refractivity contribution < 1.29 is 15.3 Å². The van der Waals surface area contributed by atoms with Gasteiger partial charge in [-0.3, -0.25) is 0 Å². The van der Waals surface area contributed by atoms with Crippen LogP contribution in [0.1, 0.15) is 5.56 Å². The van der Waals surface area contributed by atoms with Crippen molar-refractivity contribution in [3.8, 4) is 17.2 Å². The Bertz CT molecular complexity index is 334. The van der Waals surface area contributed by atoms with E-state index in [1.807, 2.05) is 0 Å². The standard InChI is InChI=1S/C9H11NO3/c10-5-1-2-6-3-4-7(11)9(13)8(6)12/h1-4,11-13H,5,10H2/b2-1+. The number of hydrogen-bond acceptors (Lipinski definition) is 4. The zero-order valence-corrected chi connectivity index (χ0v) is 6.94. The largest absolute Gasteiger partial charge is 0.504 e. The Hall–Kier alpha value is -1.68. The van der Waals surface area contributed by atoms with Gasteiger partial charge in [0.15, 0.2) is 11.5 Å². The van der Waals surface area contributed by atoms with Crippen molar-refractivity contribution in [3.05, 3.63) is 23.8 Å². The molecule has 0 bridgehead atoms. The van der Waals surface area contributed by atoms with E-state index in [1.165, 1.54) is 12.1 Å². The van der Waals surface area contributed by atoms with Crippen LogP contribution >= 0.6 is 0 Å². The van der Waals surface area contributed by atoms with Gasteiger partial charge in [0.2, 0.25) is 5.75 Å². The second-order valence-corrected chi connectivity index (χ2v) is 2.51. The predicted octanol–water partition coefficient (Wildman–Crippen LogP) is 0.775. The van der Waals surface area contributed by atoms with Gasteiger partial charge in [0.25, 0.3) is 0 Å². The fourth-order valence-corrected chi connectivity index (χ4v) is 0.914. The molecule has 0 aliphatic heterocycles. The first kappa shape index (κ1) is 9.41. The second kappa shape index (κ2) is 3.82. The van der Waals surface area contributed by atoms with Gasteiger partial charge in [0, 0.05) is 12.1 Å². The van der Waals surface area contributed by atoms with Gasteiger partial charge >= 0.3 is 0 Å². The Kier molecular flexibility index (Phi) is 2.76. The van der Waals surface area contributed by atoms with Crippen LogP contribution in [0, 0.1) is 0 Å². The summed E-state index contributed by atoms with van der Waals surface area (Å²) < 4.78 is 0. The van der Waals surface area contributed by atoms with E-state index in [4.69, 9.17) is 15.9 Å². The van der Waals surface area contributed by atoms with Crippen molar-refractivity contribution in [2.75, 3.05) is 6.54 Å². The van der Waals surface area contributed by atoms with Gasteiger partial charge in [0.1, 0.15) is 0 Å². The topological polar surface area (TPSA) is 86.7 Å². The lowest BCUT2D eigenvalue weighted by atomic mass is 10.1. The minimum atomic E-state index is -0.515. The summed E-state index contributed by atoms with van der Waals surface area (Å²) in [5.41, 5.74) is 5.63. The summed E-state index contributed by atoms with van der Waals surface area (Å²) in [5, 5.41) is 27.4. The van der Waals surface area contributed by atoms with E-state index >= 15 is 0 Å². The lowest BCUT2D eigenvalue weighted by Gasteiger charge is -2.03. The third-order valence-electron chi connectivity index (χ3n) is 1.59. The maximum atomic E-state index is 9.30. The quantitative estimate of drug-likeness (QED) is 0.508. The van der Waals surface area contributed by atoms with Crippen molar-refractivity contribution in [1.29, 1.82) is 0 Å². The molecule has 4 heteroatoms. The van der Waals surface area contributed by atoms with Gasteiger partial charge in [-0.2, -0.15) is 0 Å². The van der Waals surface area contributed by atoms with E-state index in [-0.39, 0.29) is 11.5 Å². The first-order chi connectivity index (χ1) is 6.16. The molecule has 1 aromatic carbocycles. The fourth-order valence-electron chi connectivity index (χ4n) is 0.914. The van der Waals surface area contributed by atoms with Gasteiger partial charge in [-0.25, -0.2) is 0 Å². The van der Waals surface area contributed by atoms with Crippen LogP contribution < -0.4 is 5.73 Å². The third kappa shape index (κ3) is 1.91. The van der Waals surface area contributed by atoms with Crippen molar-refractivity contribution in [3.63, 3.8) is 0 Å². The Morgan fingerprint density at radius 3 is 2.46 bits per heavy atom. The molecule has 0 heterocycles. The van der Waals surface area contributed by atoms with Crippen LogP contribution in [0.25, 0.3) is 6.08 Å². The Labute approximate surface area is 75.6 Å². The zero-order chi connectivity index (χ0) is 9.84. The minimum absolute atomic E-state index is 0.343. The van der Waals surface area contributed by atoms with Crippen LogP contribution in [-0.4, -0.2) is 21.9 Å². The SMILES string of the molecule is NC/C=C/c1ccc(O)c(O)c1O. The molecule has 0 unspecified atom stereocenters. The van der Waals surface area contributed by atoms with Crippen LogP contribution in [0.2, 0.25) is 0 Å². The summed E-state index contributed by atoms with van der Waals surface area (Å²) in [6.45, 7) is 0.348. The maximum Gasteiger partial charge on any atom is 0.200 e. The molecule has 0 aliphatic carbocycles. The van der Waals surface area contributed by atoms with Crippen LogP contribution in [0.5, 0.6) is 17.2 Å². The molecule has 0 saturated carbocycles. The first-order valence-electron chi connectivity index (χ1n) is 3.77. The Morgan fingerprint density at radius 1 is 1.15 bits per heavy atom. The highest BCUT2D eigenvalue weighted by molar-refractivity contribution is 5.64. The molecule has 0 saturated heterocycles. The normalized spacial score (nSPS) is 10.8. The van der Waals surface area contributed by atoms with E-state index in [2.05, 4.69) is 0 Å². The van der Waals surface area contributed by atoms with Crippen molar-refractivity contribution in [2.45, 2.75) is 0 Å². The molecule has 0 fully saturated rings. The summed E-state index contributed by atoms with van der Waals surface area (Å²) in [6.07, 6.45) is 3.19. The smallest absolute Gasteiger partial charge is 0.200 e. The number of rotatable bonds is 2. The van der Waals surface area contributed by atoms with Gasteiger partial charge in [-0.1, -0.05) is 12.2 Å². The molecule has 0 spiro atoms. The Morgan fingerprint density at radius 2 is 1.85 bits per heavy atom. The average Bonchev–Trinajstić information content (AvgIpc) is 2.13. The van der Waals surface area contributed by atoms with E-state index < -0.39 is 5.75 Å². The summed E-state index contributed by atoms with van der Waals surface area (Å²) in [4.78, 5) is 0. The molecule has 0 aliphatic rings. The third-order valence-corrected chi connectivity index (χ3v) is 1.59. The van der Waals surface area contributed by atoms with E-state index in [0.29, 0.717) is 12.1 Å². The molecule has 1 rings (SSSR count). The van der Waals surface area contributed by atoms with Crippen molar-refractivity contribution >= 4 is 6.08 Å². The number of phenolic OH excluding ortho intramolecular Hbond substituents is 3. The minimum Gasteiger partial charge on any atom is -0.504 e. The molecule has 13 heavy (non-hydrogen) atoms. The first-order valence-corrected chi connectivity index (χ1v) is 3.77. The second-order valence-electron chi connectivity index (χ2n) is 2.51. The van der Waals surface area contributed by atoms with Crippen LogP contribution in [0.15, 0.2) is 18.2 Å². The van der Waals surface area contributed by atoms with Gasteiger partial charge in [0.05, 0.1) is 0 Å². The van der Waals surface area contributed by atoms with Crippen molar-refractivity contribution in [1.82, 2.24) is 0 Å². The van der Waals surface area contributed by atoms with Gasteiger partial charge in [-0.15, -0.1) is 0 Å². The number of phenols is 3. The molecule has 0 aromatic heterocycles. The zero-order valence-electron chi connectivity index (χ0n) is 6.94. The molecule has 5 N–H and O–H groups in total. The maximum absolute atomic E-state index is 9.30. The number of aromatic hydroxyl groups is 3. The number of benzene rings is 1. The predicted molar refractivity (Wildman–Crippen MR) is 49.5 cm³/mol. The van der Waals surface area contributed by atoms with Crippen LogP contribution in [0.3, 0.4) is 0 Å². The molecule has 4 nitrogen and oxygen atoms in total. The number of hydrogen-bond donors (Lipinski definition) is 4. The summed E-state index contributed by atoms with van der Waals surface area (Å²) >= 11 is 0. The monoisotopic (exact) mass is 181 g/mol. The molecule has 0 atom stereocenters. The van der Waals surface area contributed by atoms with Crippen molar-refractivity contribution in [2.24, 2.45) is 5.73 Å². The van der Waals surface area contributed by atoms with Gasteiger partial charge < -0.3 is 21.1 Å². The Balaban J connectivity index is 3.11. The highest BCUT2D eigenvalue weighted by Gasteiger charge is 2.07. The van der Waals surface area contributed by atoms with E-state index in [0.717, 1.165) is 0 Å². The summed E-state index contributed by atoms with van der Waals surface area (Å²) in [7, 11) is 0. The molecule has 70 valence electrons.